The van der Waals surface area contributed by atoms with Crippen LogP contribution in [0.5, 0.6) is 5.75 Å². The predicted octanol–water partition coefficient (Wildman–Crippen LogP) is 3.60. The van der Waals surface area contributed by atoms with E-state index in [2.05, 4.69) is 5.43 Å². The second-order valence-electron chi connectivity index (χ2n) is 5.06. The fourth-order valence-corrected chi connectivity index (χ4v) is 2.13. The van der Waals surface area contributed by atoms with Crippen LogP contribution >= 0.6 is 11.9 Å². The zero-order valence-electron chi connectivity index (χ0n) is 13.9. The first-order valence-corrected chi connectivity index (χ1v) is 7.89. The average molecular weight is 342 g/mol. The summed E-state index contributed by atoms with van der Waals surface area (Å²) >= 11 is 1.00. The highest BCUT2D eigenvalue weighted by Crippen LogP contribution is 2.24. The van der Waals surface area contributed by atoms with Gasteiger partial charge in [0, 0.05) is 16.8 Å². The molecule has 0 unspecified atom stereocenters. The average Bonchev–Trinajstić information content (AvgIpc) is 2.45. The van der Waals surface area contributed by atoms with E-state index in [9.17, 15) is 9.59 Å². The largest absolute Gasteiger partial charge is 0.497 e. The molecule has 0 saturated heterocycles. The number of carbonyl (C=O) groups excluding carboxylic acids is 2. The maximum absolute atomic E-state index is 12.1. The highest BCUT2D eigenvalue weighted by molar-refractivity contribution is 7.97. The Balaban J connectivity index is 2.80. The molecule has 0 bridgehead atoms. The maximum Gasteiger partial charge on any atom is 0.440 e. The summed E-state index contributed by atoms with van der Waals surface area (Å²) in [4.78, 5) is 24.5. The lowest BCUT2D eigenvalue weighted by Crippen LogP contribution is -2.43. The lowest BCUT2D eigenvalue weighted by atomic mass is 10.3. The molecule has 0 aliphatic heterocycles. The van der Waals surface area contributed by atoms with Gasteiger partial charge in [0.05, 0.1) is 19.3 Å². The van der Waals surface area contributed by atoms with Crippen LogP contribution in [0.1, 0.15) is 27.7 Å². The van der Waals surface area contributed by atoms with Crippen LogP contribution in [0, 0.1) is 0 Å². The molecule has 7 nitrogen and oxygen atoms in total. The topological polar surface area (TPSA) is 77.1 Å². The molecule has 0 spiro atoms. The Hall–Kier alpha value is -2.09. The van der Waals surface area contributed by atoms with Gasteiger partial charge >= 0.3 is 12.2 Å². The Bertz CT molecular complexity index is 519. The number of amides is 2. The van der Waals surface area contributed by atoms with Crippen molar-refractivity contribution in [3.8, 4) is 5.75 Å². The van der Waals surface area contributed by atoms with Crippen LogP contribution in [0.25, 0.3) is 0 Å². The fraction of sp³-hybridized carbons (Fsp3) is 0.467. The van der Waals surface area contributed by atoms with Crippen molar-refractivity contribution in [3.63, 3.8) is 0 Å². The van der Waals surface area contributed by atoms with Crippen molar-refractivity contribution >= 4 is 24.1 Å². The van der Waals surface area contributed by atoms with E-state index >= 15 is 0 Å². The van der Waals surface area contributed by atoms with Gasteiger partial charge in [0.15, 0.2) is 0 Å². The lowest BCUT2D eigenvalue weighted by molar-refractivity contribution is 0.0743. The number of methoxy groups -OCH3 is 1. The predicted molar refractivity (Wildman–Crippen MR) is 87.1 cm³/mol. The van der Waals surface area contributed by atoms with Gasteiger partial charge in [-0.2, -0.15) is 0 Å². The molecule has 2 amide bonds. The van der Waals surface area contributed by atoms with E-state index in [1.165, 1.54) is 0 Å². The van der Waals surface area contributed by atoms with Gasteiger partial charge in [-0.25, -0.2) is 15.0 Å². The van der Waals surface area contributed by atoms with Crippen molar-refractivity contribution in [2.24, 2.45) is 0 Å². The van der Waals surface area contributed by atoms with Gasteiger partial charge in [-0.05, 0) is 52.0 Å². The summed E-state index contributed by atoms with van der Waals surface area (Å²) in [6.45, 7) is 6.88. The van der Waals surface area contributed by atoms with E-state index < -0.39 is 12.2 Å². The SMILES string of the molecule is COc1ccc(SN(NC(=O)OC(C)C)C(=O)OC(C)C)cc1. The van der Waals surface area contributed by atoms with Crippen molar-refractivity contribution in [1.82, 2.24) is 9.84 Å². The third-order valence-corrected chi connectivity index (χ3v) is 3.20. The number of ether oxygens (including phenoxy) is 3. The molecule has 1 N–H and O–H groups in total. The maximum atomic E-state index is 12.1. The first kappa shape index (κ1) is 19.0. The highest BCUT2D eigenvalue weighted by Gasteiger charge is 2.22. The van der Waals surface area contributed by atoms with Crippen molar-refractivity contribution in [2.75, 3.05) is 7.11 Å². The van der Waals surface area contributed by atoms with E-state index in [1.807, 2.05) is 0 Å². The van der Waals surface area contributed by atoms with Crippen LogP contribution in [0.15, 0.2) is 29.2 Å². The fourth-order valence-electron chi connectivity index (χ4n) is 1.42. The minimum atomic E-state index is -0.735. The number of benzene rings is 1. The van der Waals surface area contributed by atoms with Gasteiger partial charge in [-0.1, -0.05) is 0 Å². The number of nitrogens with zero attached hydrogens (tertiary/aromatic N) is 1. The molecular formula is C15H22N2O5S. The van der Waals surface area contributed by atoms with E-state index in [0.29, 0.717) is 5.75 Å². The number of hydrogen-bond acceptors (Lipinski definition) is 6. The summed E-state index contributed by atoms with van der Waals surface area (Å²) in [7, 11) is 1.57. The summed E-state index contributed by atoms with van der Waals surface area (Å²) in [5.41, 5.74) is 2.36. The van der Waals surface area contributed by atoms with E-state index in [-0.39, 0.29) is 12.2 Å². The quantitative estimate of drug-likeness (QED) is 0.651. The van der Waals surface area contributed by atoms with Crippen molar-refractivity contribution in [3.05, 3.63) is 24.3 Å². The monoisotopic (exact) mass is 342 g/mol. The van der Waals surface area contributed by atoms with Gasteiger partial charge in [0.1, 0.15) is 5.75 Å². The second kappa shape index (κ2) is 9.14. The first-order chi connectivity index (χ1) is 10.8. The molecule has 1 aromatic rings. The van der Waals surface area contributed by atoms with Crippen LogP contribution in [0.4, 0.5) is 9.59 Å². The Morgan fingerprint density at radius 3 is 2.09 bits per heavy atom. The molecule has 23 heavy (non-hydrogen) atoms. The Labute approximate surface area is 140 Å². The summed E-state index contributed by atoms with van der Waals surface area (Å²) in [6.07, 6.45) is -2.04. The van der Waals surface area contributed by atoms with E-state index in [1.54, 1.807) is 59.1 Å². The minimum Gasteiger partial charge on any atom is -0.497 e. The minimum absolute atomic E-state index is 0.302. The molecule has 0 aliphatic carbocycles. The number of rotatable bonds is 5. The van der Waals surface area contributed by atoms with Crippen LogP contribution in [0.3, 0.4) is 0 Å². The summed E-state index contributed by atoms with van der Waals surface area (Å²) in [6, 6.07) is 7.02. The van der Waals surface area contributed by atoms with Gasteiger partial charge in [-0.3, -0.25) is 0 Å². The normalized spacial score (nSPS) is 10.4. The summed E-state index contributed by atoms with van der Waals surface area (Å²) in [5.74, 6) is 0.692. The molecule has 0 saturated carbocycles. The molecule has 0 radical (unpaired) electrons. The smallest absolute Gasteiger partial charge is 0.440 e. The van der Waals surface area contributed by atoms with Crippen LogP contribution in [0.2, 0.25) is 0 Å². The highest BCUT2D eigenvalue weighted by atomic mass is 32.2. The lowest BCUT2D eigenvalue weighted by Gasteiger charge is -2.22. The molecule has 1 rings (SSSR count). The van der Waals surface area contributed by atoms with E-state index in [4.69, 9.17) is 14.2 Å². The molecule has 0 fully saturated rings. The number of carbonyl (C=O) groups is 2. The Morgan fingerprint density at radius 2 is 1.61 bits per heavy atom. The molecule has 8 heteroatoms. The van der Waals surface area contributed by atoms with Crippen LogP contribution in [-0.2, 0) is 9.47 Å². The molecule has 0 aromatic heterocycles. The van der Waals surface area contributed by atoms with Gasteiger partial charge in [-0.15, -0.1) is 4.41 Å². The van der Waals surface area contributed by atoms with Crippen LogP contribution in [-0.4, -0.2) is 35.9 Å². The van der Waals surface area contributed by atoms with Gasteiger partial charge in [0.25, 0.3) is 0 Å². The molecule has 1 aromatic carbocycles. The first-order valence-electron chi connectivity index (χ1n) is 7.11. The zero-order valence-corrected chi connectivity index (χ0v) is 14.7. The number of nitrogens with one attached hydrogen (secondary N) is 1. The molecule has 0 atom stereocenters. The molecule has 128 valence electrons. The summed E-state index contributed by atoms with van der Waals surface area (Å²) in [5, 5.41) is 0. The van der Waals surface area contributed by atoms with Crippen molar-refractivity contribution in [2.45, 2.75) is 44.8 Å². The zero-order chi connectivity index (χ0) is 17.4. The third-order valence-electron chi connectivity index (χ3n) is 2.29. The second-order valence-corrected chi connectivity index (χ2v) is 6.08. The number of hydrazine groups is 1. The number of hydrogen-bond donors (Lipinski definition) is 1. The van der Waals surface area contributed by atoms with Gasteiger partial charge < -0.3 is 14.2 Å². The van der Waals surface area contributed by atoms with Crippen molar-refractivity contribution < 1.29 is 23.8 Å². The Kier molecular flexibility index (Phi) is 7.53. The third kappa shape index (κ3) is 7.14. The summed E-state index contributed by atoms with van der Waals surface area (Å²) < 4.78 is 16.2. The van der Waals surface area contributed by atoms with Gasteiger partial charge in [0.2, 0.25) is 0 Å². The molecule has 0 heterocycles. The van der Waals surface area contributed by atoms with Crippen LogP contribution < -0.4 is 10.2 Å². The molecule has 0 aliphatic rings. The van der Waals surface area contributed by atoms with Crippen molar-refractivity contribution in [1.29, 1.82) is 0 Å². The Morgan fingerprint density at radius 1 is 1.04 bits per heavy atom. The standard InChI is InChI=1S/C15H22N2O5S/c1-10(2)21-14(18)16-17(15(19)22-11(3)4)23-13-8-6-12(20-5)7-9-13/h6-11H,1-5H3,(H,16,18). The molecular weight excluding hydrogens is 320 g/mol. The van der Waals surface area contributed by atoms with E-state index in [0.717, 1.165) is 21.3 Å².